The number of aldehydes is 1. The van der Waals surface area contributed by atoms with Gasteiger partial charge < -0.3 is 34.6 Å². The number of benzene rings is 2. The van der Waals surface area contributed by atoms with E-state index >= 15 is 0 Å². The van der Waals surface area contributed by atoms with Crippen LogP contribution in [0, 0.1) is 21.3 Å². The summed E-state index contributed by atoms with van der Waals surface area (Å²) in [5, 5.41) is 23.9. The van der Waals surface area contributed by atoms with E-state index in [1.54, 1.807) is 17.0 Å². The highest BCUT2D eigenvalue weighted by Gasteiger charge is 2.41. The zero-order valence-electron chi connectivity index (χ0n) is 27.6. The molecule has 2 aromatic rings. The summed E-state index contributed by atoms with van der Waals surface area (Å²) in [6.45, 7) is 6.44. The van der Waals surface area contributed by atoms with Crippen molar-refractivity contribution in [1.29, 1.82) is 0 Å². The van der Waals surface area contributed by atoms with E-state index in [1.807, 2.05) is 52.9 Å². The number of methoxy groups -OCH3 is 1. The van der Waals surface area contributed by atoms with Crippen LogP contribution in [0.2, 0.25) is 0 Å². The minimum Gasteiger partial charge on any atom is -0.493 e. The molecule has 0 spiro atoms. The number of aliphatic hydroxyl groups excluding tert-OH is 2. The number of aliphatic hydroxyl groups is 2. The molecule has 0 unspecified atom stereocenters. The second-order valence-electron chi connectivity index (χ2n) is 12.9. The summed E-state index contributed by atoms with van der Waals surface area (Å²) in [6.07, 6.45) is 3.07. The van der Waals surface area contributed by atoms with Gasteiger partial charge in [0.25, 0.3) is 0 Å². The number of ether oxygens (including phenoxy) is 3. The van der Waals surface area contributed by atoms with Crippen LogP contribution >= 0.6 is 22.6 Å². The van der Waals surface area contributed by atoms with E-state index in [1.165, 1.54) is 13.2 Å². The molecule has 0 heterocycles. The van der Waals surface area contributed by atoms with Crippen molar-refractivity contribution in [2.24, 2.45) is 17.8 Å². The van der Waals surface area contributed by atoms with Crippen LogP contribution in [0.4, 0.5) is 0 Å². The van der Waals surface area contributed by atoms with E-state index in [0.29, 0.717) is 50.2 Å². The number of carbonyl (C=O) groups is 3. The van der Waals surface area contributed by atoms with E-state index in [0.717, 1.165) is 24.8 Å². The number of rotatable bonds is 14. The highest BCUT2D eigenvalue weighted by Crippen LogP contribution is 2.38. The van der Waals surface area contributed by atoms with E-state index in [9.17, 15) is 24.6 Å². The normalized spacial score (nSPS) is 24.3. The van der Waals surface area contributed by atoms with Gasteiger partial charge in [-0.15, -0.1) is 0 Å². The maximum Gasteiger partial charge on any atom is 0.249 e. The minimum atomic E-state index is -1.23. The maximum absolute atomic E-state index is 14.2. The van der Waals surface area contributed by atoms with Crippen LogP contribution in [-0.4, -0.2) is 84.4 Å². The van der Waals surface area contributed by atoms with Crippen LogP contribution in [0.1, 0.15) is 62.4 Å². The Balaban J connectivity index is 1.68. The number of carbonyl (C=O) groups excluding carboxylic acids is 3. The molecule has 0 aromatic heterocycles. The standard InChI is InChI=1S/C36H47IN2O8/c1-22(2)27-11-10-23(3)14-30(27)46-21-33(42)39(19-24-8-6-5-7-9-24)29-17-26(36(44)38-12-13-40)18-31(34(29)43)47-35-28(37)15-25(20-41)16-32(35)45-4/h5-9,15-16,18,20,22-23,27,29-31,34,40,43H,10-14,17,19,21H2,1-4H3,(H,38,44)/t23-,27+,29+,30-,31-,34-/m0/s1. The fraction of sp³-hybridized carbons (Fsp3) is 0.528. The Kier molecular flexibility index (Phi) is 13.6. The molecular weight excluding hydrogens is 715 g/mol. The predicted octanol–water partition coefficient (Wildman–Crippen LogP) is 4.53. The molecule has 0 saturated heterocycles. The molecule has 6 atom stereocenters. The van der Waals surface area contributed by atoms with Gasteiger partial charge in [0.15, 0.2) is 11.5 Å². The van der Waals surface area contributed by atoms with Gasteiger partial charge in [-0.3, -0.25) is 14.4 Å². The second-order valence-corrected chi connectivity index (χ2v) is 14.0. The molecular formula is C36H47IN2O8. The lowest BCUT2D eigenvalue weighted by Crippen LogP contribution is -2.55. The Bertz CT molecular complexity index is 1400. The minimum absolute atomic E-state index is 0.0442. The molecule has 1 fully saturated rings. The van der Waals surface area contributed by atoms with Gasteiger partial charge in [-0.25, -0.2) is 0 Å². The highest BCUT2D eigenvalue weighted by molar-refractivity contribution is 14.1. The topological polar surface area (TPSA) is 135 Å². The summed E-state index contributed by atoms with van der Waals surface area (Å²) < 4.78 is 18.8. The molecule has 10 nitrogen and oxygen atoms in total. The fourth-order valence-corrected chi connectivity index (χ4v) is 7.33. The molecule has 2 amide bonds. The van der Waals surface area contributed by atoms with Crippen LogP contribution in [0.3, 0.4) is 0 Å². The van der Waals surface area contributed by atoms with Gasteiger partial charge in [0.2, 0.25) is 11.8 Å². The highest BCUT2D eigenvalue weighted by atomic mass is 127. The Morgan fingerprint density at radius 3 is 2.57 bits per heavy atom. The maximum atomic E-state index is 14.2. The van der Waals surface area contributed by atoms with Crippen LogP contribution in [-0.2, 0) is 20.9 Å². The van der Waals surface area contributed by atoms with Crippen LogP contribution < -0.4 is 14.8 Å². The van der Waals surface area contributed by atoms with Crippen molar-refractivity contribution in [2.75, 3.05) is 26.9 Å². The predicted molar refractivity (Wildman–Crippen MR) is 186 cm³/mol. The molecule has 2 aliphatic rings. The van der Waals surface area contributed by atoms with Gasteiger partial charge in [0.05, 0.1) is 29.4 Å². The third-order valence-electron chi connectivity index (χ3n) is 9.15. The van der Waals surface area contributed by atoms with E-state index < -0.39 is 24.2 Å². The monoisotopic (exact) mass is 762 g/mol. The molecule has 2 aromatic carbocycles. The van der Waals surface area contributed by atoms with Crippen molar-refractivity contribution in [3.05, 3.63) is 68.8 Å². The largest absolute Gasteiger partial charge is 0.493 e. The van der Waals surface area contributed by atoms with Gasteiger partial charge in [0, 0.05) is 30.6 Å². The van der Waals surface area contributed by atoms with Gasteiger partial charge in [-0.05, 0) is 77.0 Å². The lowest BCUT2D eigenvalue weighted by molar-refractivity contribution is -0.149. The van der Waals surface area contributed by atoms with Crippen molar-refractivity contribution < 1.29 is 38.8 Å². The van der Waals surface area contributed by atoms with E-state index in [2.05, 4.69) is 26.1 Å². The zero-order chi connectivity index (χ0) is 34.1. The van der Waals surface area contributed by atoms with E-state index in [4.69, 9.17) is 14.2 Å². The summed E-state index contributed by atoms with van der Waals surface area (Å²) >= 11 is 2.03. The van der Waals surface area contributed by atoms with E-state index in [-0.39, 0.29) is 44.7 Å². The molecule has 3 N–H and O–H groups in total. The first kappa shape index (κ1) is 36.8. The number of hydrogen-bond acceptors (Lipinski definition) is 8. The molecule has 11 heteroatoms. The molecule has 256 valence electrons. The fourth-order valence-electron chi connectivity index (χ4n) is 6.58. The first-order chi connectivity index (χ1) is 22.6. The molecule has 4 rings (SSSR count). The van der Waals surface area contributed by atoms with Crippen molar-refractivity contribution >= 4 is 40.7 Å². The summed E-state index contributed by atoms with van der Waals surface area (Å²) in [7, 11) is 1.45. The lowest BCUT2D eigenvalue weighted by atomic mass is 9.75. The zero-order valence-corrected chi connectivity index (χ0v) is 29.7. The van der Waals surface area contributed by atoms with Crippen molar-refractivity contribution in [3.8, 4) is 11.5 Å². The molecule has 0 bridgehead atoms. The van der Waals surface area contributed by atoms with Crippen LogP contribution in [0.25, 0.3) is 0 Å². The first-order valence-corrected chi connectivity index (χ1v) is 17.4. The molecule has 47 heavy (non-hydrogen) atoms. The molecule has 0 aliphatic heterocycles. The average Bonchev–Trinajstić information content (AvgIpc) is 3.06. The number of nitrogens with one attached hydrogen (secondary N) is 1. The van der Waals surface area contributed by atoms with Crippen LogP contribution in [0.5, 0.6) is 11.5 Å². The van der Waals surface area contributed by atoms with Gasteiger partial charge in [0.1, 0.15) is 25.1 Å². The van der Waals surface area contributed by atoms with Crippen LogP contribution in [0.15, 0.2) is 54.1 Å². The number of halogens is 1. The quantitative estimate of drug-likeness (QED) is 0.189. The van der Waals surface area contributed by atoms with Crippen molar-refractivity contribution in [2.45, 2.75) is 77.4 Å². The third kappa shape index (κ3) is 9.55. The SMILES string of the molecule is COc1cc(C=O)cc(I)c1O[C@H]1C=C(C(=O)NCCO)C[C@@H](N(Cc2ccccc2)C(=O)CO[C@H]2C[C@@H](C)CC[C@@H]2C(C)C)[C@@H]1O. The summed E-state index contributed by atoms with van der Waals surface area (Å²) in [5.41, 5.74) is 1.57. The Morgan fingerprint density at radius 2 is 1.91 bits per heavy atom. The molecule has 0 radical (unpaired) electrons. The number of nitrogens with zero attached hydrogens (tertiary/aromatic N) is 1. The van der Waals surface area contributed by atoms with Gasteiger partial charge in [-0.1, -0.05) is 57.5 Å². The number of amides is 2. The van der Waals surface area contributed by atoms with Crippen molar-refractivity contribution in [1.82, 2.24) is 10.2 Å². The second kappa shape index (κ2) is 17.4. The van der Waals surface area contributed by atoms with Gasteiger partial charge >= 0.3 is 0 Å². The Labute approximate surface area is 291 Å². The average molecular weight is 763 g/mol. The summed E-state index contributed by atoms with van der Waals surface area (Å²) in [5.74, 6) is 1.15. The first-order valence-electron chi connectivity index (χ1n) is 16.3. The summed E-state index contributed by atoms with van der Waals surface area (Å²) in [6, 6.07) is 11.8. The molecule has 2 aliphatic carbocycles. The number of hydrogen-bond donors (Lipinski definition) is 3. The Hall–Kier alpha value is -3.00. The lowest BCUT2D eigenvalue weighted by Gasteiger charge is -2.41. The Morgan fingerprint density at radius 1 is 1.17 bits per heavy atom. The van der Waals surface area contributed by atoms with Gasteiger partial charge in [-0.2, -0.15) is 0 Å². The van der Waals surface area contributed by atoms with Crippen molar-refractivity contribution in [3.63, 3.8) is 0 Å². The smallest absolute Gasteiger partial charge is 0.249 e. The summed E-state index contributed by atoms with van der Waals surface area (Å²) in [4.78, 5) is 40.5. The third-order valence-corrected chi connectivity index (χ3v) is 9.96. The molecule has 1 saturated carbocycles.